The molecule has 3 aromatic heterocycles. The molecule has 2 atom stereocenters. The standard InChI is InChI=1S/C22H29BrN8O3/c1-22(2,3)34-21(33)30-11-12(6-7-15(30)20(32)29(4)5)17-16(23)18(24)31-19(28-17)14(10-27-31)13-8-25-26-9-13/h8-10,12,15H,6-7,11,24H2,1-5H3,(H,25,26)/t12-,15-/m0/s1. The molecule has 4 heterocycles. The van der Waals surface area contributed by atoms with E-state index in [0.717, 1.165) is 11.1 Å². The first-order valence-corrected chi connectivity index (χ1v) is 11.8. The third-order valence-corrected chi connectivity index (χ3v) is 6.59. The van der Waals surface area contributed by atoms with Crippen LogP contribution in [0.25, 0.3) is 16.8 Å². The van der Waals surface area contributed by atoms with E-state index in [2.05, 4.69) is 31.2 Å². The Morgan fingerprint density at radius 1 is 1.26 bits per heavy atom. The van der Waals surface area contributed by atoms with Gasteiger partial charge in [-0.15, -0.1) is 0 Å². The van der Waals surface area contributed by atoms with Gasteiger partial charge in [-0.1, -0.05) is 0 Å². The summed E-state index contributed by atoms with van der Waals surface area (Å²) in [6.07, 6.45) is 5.76. The van der Waals surface area contributed by atoms with Crippen LogP contribution in [0.1, 0.15) is 45.2 Å². The number of fused-ring (bicyclic) bond motifs is 1. The Hall–Kier alpha value is -3.15. The number of aromatic nitrogens is 5. The number of carbonyl (C=O) groups excluding carboxylic acids is 2. The minimum atomic E-state index is -0.686. The Bertz CT molecular complexity index is 1220. The van der Waals surface area contributed by atoms with Gasteiger partial charge in [-0.2, -0.15) is 14.7 Å². The summed E-state index contributed by atoms with van der Waals surface area (Å²) in [5, 5.41) is 11.2. The predicted octanol–water partition coefficient (Wildman–Crippen LogP) is 3.04. The van der Waals surface area contributed by atoms with Gasteiger partial charge in [0.25, 0.3) is 0 Å². The number of anilines is 1. The highest BCUT2D eigenvalue weighted by atomic mass is 79.9. The zero-order valence-electron chi connectivity index (χ0n) is 19.9. The molecule has 4 rings (SSSR count). The molecule has 1 saturated heterocycles. The second kappa shape index (κ2) is 8.90. The van der Waals surface area contributed by atoms with Crippen LogP contribution in [-0.4, -0.2) is 78.9 Å². The molecule has 0 aromatic carbocycles. The lowest BCUT2D eigenvalue weighted by Gasteiger charge is -2.40. The summed E-state index contributed by atoms with van der Waals surface area (Å²) in [6, 6.07) is -0.600. The van der Waals surface area contributed by atoms with Gasteiger partial charge in [0.05, 0.1) is 22.6 Å². The van der Waals surface area contributed by atoms with Crippen molar-refractivity contribution in [1.82, 2.24) is 34.6 Å². The van der Waals surface area contributed by atoms with Gasteiger partial charge >= 0.3 is 6.09 Å². The van der Waals surface area contributed by atoms with E-state index in [0.29, 0.717) is 34.5 Å². The molecular formula is C22H29BrN8O3. The molecule has 0 aliphatic carbocycles. The lowest BCUT2D eigenvalue weighted by atomic mass is 9.89. The van der Waals surface area contributed by atoms with Crippen molar-refractivity contribution in [3.8, 4) is 11.1 Å². The first kappa shape index (κ1) is 24.0. The van der Waals surface area contributed by atoms with Gasteiger partial charge in [-0.05, 0) is 49.5 Å². The number of nitrogens with two attached hydrogens (primary N) is 1. The predicted molar refractivity (Wildman–Crippen MR) is 130 cm³/mol. The van der Waals surface area contributed by atoms with Crippen LogP contribution < -0.4 is 5.73 Å². The maximum Gasteiger partial charge on any atom is 0.410 e. The molecule has 12 heteroatoms. The van der Waals surface area contributed by atoms with E-state index in [-0.39, 0.29) is 18.4 Å². The van der Waals surface area contributed by atoms with Gasteiger partial charge < -0.3 is 15.4 Å². The summed E-state index contributed by atoms with van der Waals surface area (Å²) in [5.41, 5.74) is 8.65. The van der Waals surface area contributed by atoms with Gasteiger partial charge in [-0.3, -0.25) is 14.8 Å². The highest BCUT2D eigenvalue weighted by Gasteiger charge is 2.40. The van der Waals surface area contributed by atoms with Gasteiger partial charge in [0, 0.05) is 43.9 Å². The van der Waals surface area contributed by atoms with E-state index in [1.807, 2.05) is 0 Å². The molecule has 182 valence electrons. The maximum atomic E-state index is 13.1. The summed E-state index contributed by atoms with van der Waals surface area (Å²) < 4.78 is 7.83. The molecule has 1 aliphatic rings. The fourth-order valence-electron chi connectivity index (χ4n) is 4.16. The van der Waals surface area contributed by atoms with Crippen molar-refractivity contribution in [3.05, 3.63) is 28.8 Å². The number of aromatic amines is 1. The number of nitrogen functional groups attached to an aromatic ring is 1. The minimum Gasteiger partial charge on any atom is -0.444 e. The van der Waals surface area contributed by atoms with E-state index >= 15 is 0 Å². The summed E-state index contributed by atoms with van der Waals surface area (Å²) in [6.45, 7) is 5.69. The Balaban J connectivity index is 1.73. The number of likely N-dealkylation sites (N-methyl/N-ethyl adjacent to an activating group) is 1. The molecule has 1 aliphatic heterocycles. The number of likely N-dealkylation sites (tertiary alicyclic amines) is 1. The van der Waals surface area contributed by atoms with Crippen LogP contribution in [0.2, 0.25) is 0 Å². The van der Waals surface area contributed by atoms with Crippen molar-refractivity contribution in [1.29, 1.82) is 0 Å². The first-order valence-electron chi connectivity index (χ1n) is 11.0. The highest BCUT2D eigenvalue weighted by molar-refractivity contribution is 9.10. The number of rotatable bonds is 3. The Morgan fingerprint density at radius 2 is 2.00 bits per heavy atom. The second-order valence-corrected chi connectivity index (χ2v) is 10.4. The molecule has 2 amide bonds. The summed E-state index contributed by atoms with van der Waals surface area (Å²) in [4.78, 5) is 33.9. The Kier molecular flexibility index (Phi) is 6.28. The number of halogens is 1. The molecule has 0 saturated carbocycles. The van der Waals surface area contributed by atoms with Crippen LogP contribution in [0.5, 0.6) is 0 Å². The first-order chi connectivity index (χ1) is 16.0. The quantitative estimate of drug-likeness (QED) is 0.529. The molecular weight excluding hydrogens is 504 g/mol. The fraction of sp³-hybridized carbons (Fsp3) is 0.500. The van der Waals surface area contributed by atoms with Gasteiger partial charge in [0.1, 0.15) is 17.5 Å². The van der Waals surface area contributed by atoms with E-state index in [9.17, 15) is 9.59 Å². The van der Waals surface area contributed by atoms with Crippen molar-refractivity contribution in [2.45, 2.75) is 51.2 Å². The zero-order valence-corrected chi connectivity index (χ0v) is 21.5. The molecule has 1 fully saturated rings. The third-order valence-electron chi connectivity index (χ3n) is 5.78. The number of nitrogens with one attached hydrogen (secondary N) is 1. The summed E-state index contributed by atoms with van der Waals surface area (Å²) in [7, 11) is 3.37. The molecule has 11 nitrogen and oxygen atoms in total. The van der Waals surface area contributed by atoms with Crippen molar-refractivity contribution in [2.75, 3.05) is 26.4 Å². The third kappa shape index (κ3) is 4.46. The Morgan fingerprint density at radius 3 is 2.62 bits per heavy atom. The highest BCUT2D eigenvalue weighted by Crippen LogP contribution is 2.38. The average molecular weight is 533 g/mol. The number of hydrogen-bond donors (Lipinski definition) is 2. The Labute approximate surface area is 205 Å². The number of carbonyl (C=O) groups is 2. The van der Waals surface area contributed by atoms with E-state index < -0.39 is 17.7 Å². The number of amides is 2. The maximum absolute atomic E-state index is 13.1. The number of nitrogens with zero attached hydrogens (tertiary/aromatic N) is 6. The second-order valence-electron chi connectivity index (χ2n) is 9.63. The van der Waals surface area contributed by atoms with Crippen molar-refractivity contribution in [2.24, 2.45) is 0 Å². The van der Waals surface area contributed by atoms with Gasteiger partial charge in [0.2, 0.25) is 5.91 Å². The van der Waals surface area contributed by atoms with Crippen LogP contribution >= 0.6 is 15.9 Å². The monoisotopic (exact) mass is 532 g/mol. The number of ether oxygens (including phenoxy) is 1. The molecule has 0 radical (unpaired) electrons. The molecule has 0 unspecified atom stereocenters. The van der Waals surface area contributed by atoms with E-state index in [1.165, 1.54) is 9.80 Å². The molecule has 3 aromatic rings. The summed E-state index contributed by atoms with van der Waals surface area (Å²) in [5.74, 6) is 0.113. The summed E-state index contributed by atoms with van der Waals surface area (Å²) >= 11 is 3.59. The lowest BCUT2D eigenvalue weighted by Crippen LogP contribution is -2.54. The largest absolute Gasteiger partial charge is 0.444 e. The average Bonchev–Trinajstić information content (AvgIpc) is 3.43. The van der Waals surface area contributed by atoms with Crippen LogP contribution in [-0.2, 0) is 9.53 Å². The smallest absolute Gasteiger partial charge is 0.410 e. The van der Waals surface area contributed by atoms with Gasteiger partial charge in [-0.25, -0.2) is 9.78 Å². The zero-order chi connectivity index (χ0) is 24.8. The minimum absolute atomic E-state index is 0.135. The van der Waals surface area contributed by atoms with E-state index in [4.69, 9.17) is 15.5 Å². The molecule has 34 heavy (non-hydrogen) atoms. The normalized spacial score (nSPS) is 18.8. The SMILES string of the molecule is CN(C)C(=O)[C@@H]1CC[C@H](c2nc3c(-c4cn[nH]c4)cnn3c(N)c2Br)CN1C(=O)OC(C)(C)C. The van der Waals surface area contributed by atoms with Crippen molar-refractivity contribution < 1.29 is 14.3 Å². The fourth-order valence-corrected chi connectivity index (χ4v) is 4.74. The topological polar surface area (TPSA) is 135 Å². The molecule has 3 N–H and O–H groups in total. The molecule has 0 spiro atoms. The number of H-pyrrole nitrogens is 1. The number of hydrogen-bond acceptors (Lipinski definition) is 7. The number of piperidine rings is 1. The van der Waals surface area contributed by atoms with Gasteiger partial charge in [0.15, 0.2) is 5.65 Å². The van der Waals surface area contributed by atoms with Crippen LogP contribution in [0.4, 0.5) is 10.6 Å². The van der Waals surface area contributed by atoms with E-state index in [1.54, 1.807) is 58.0 Å². The van der Waals surface area contributed by atoms with Crippen LogP contribution in [0, 0.1) is 0 Å². The lowest BCUT2D eigenvalue weighted by molar-refractivity contribution is -0.135. The van der Waals surface area contributed by atoms with Crippen molar-refractivity contribution in [3.63, 3.8) is 0 Å². The van der Waals surface area contributed by atoms with Crippen LogP contribution in [0.15, 0.2) is 23.1 Å². The molecule has 0 bridgehead atoms. The van der Waals surface area contributed by atoms with Crippen molar-refractivity contribution >= 4 is 39.4 Å². The van der Waals surface area contributed by atoms with Crippen LogP contribution in [0.3, 0.4) is 0 Å².